The van der Waals surface area contributed by atoms with Crippen LogP contribution in [-0.4, -0.2) is 43.4 Å². The molecular weight excluding hydrogens is 407 g/mol. The number of anilines is 1. The van der Waals surface area contributed by atoms with Gasteiger partial charge in [0.25, 0.3) is 0 Å². The molecule has 32 heavy (non-hydrogen) atoms. The zero-order chi connectivity index (χ0) is 22.4. The van der Waals surface area contributed by atoms with Crippen molar-refractivity contribution in [1.82, 2.24) is 15.6 Å². The predicted octanol–water partition coefficient (Wildman–Crippen LogP) is 2.66. The lowest BCUT2D eigenvalue weighted by Crippen LogP contribution is -2.58. The zero-order valence-electron chi connectivity index (χ0n) is 18.2. The van der Waals surface area contributed by atoms with Crippen LogP contribution in [0.5, 0.6) is 0 Å². The van der Waals surface area contributed by atoms with E-state index < -0.39 is 0 Å². The van der Waals surface area contributed by atoms with Crippen LogP contribution in [0.4, 0.5) is 10.1 Å². The molecule has 7 heteroatoms. The average molecular weight is 435 g/mol. The number of rotatable bonds is 3. The third-order valence-corrected chi connectivity index (χ3v) is 6.86. The SMILES string of the molecule is CN(C)/C=C1\C(=O)C2CNC3NN(c4ccccc4)C(=O)C3C2CC1c1ccc(F)cc1. The van der Waals surface area contributed by atoms with Crippen LogP contribution in [0, 0.1) is 23.6 Å². The van der Waals surface area contributed by atoms with Gasteiger partial charge in [-0.2, -0.15) is 0 Å². The number of ketones is 1. The molecule has 1 aliphatic carbocycles. The van der Waals surface area contributed by atoms with Crippen molar-refractivity contribution in [2.45, 2.75) is 18.5 Å². The van der Waals surface area contributed by atoms with E-state index in [1.807, 2.05) is 55.5 Å². The molecule has 5 atom stereocenters. The van der Waals surface area contributed by atoms with Gasteiger partial charge in [-0.1, -0.05) is 30.3 Å². The Balaban J connectivity index is 1.51. The van der Waals surface area contributed by atoms with E-state index in [1.165, 1.54) is 12.1 Å². The summed E-state index contributed by atoms with van der Waals surface area (Å²) in [5.74, 6) is -1.14. The summed E-state index contributed by atoms with van der Waals surface area (Å²) in [4.78, 5) is 29.0. The number of hydrogen-bond acceptors (Lipinski definition) is 5. The van der Waals surface area contributed by atoms with E-state index in [4.69, 9.17) is 0 Å². The van der Waals surface area contributed by atoms with E-state index in [0.29, 0.717) is 13.0 Å². The highest BCUT2D eigenvalue weighted by molar-refractivity contribution is 6.02. The Hall–Kier alpha value is -3.03. The van der Waals surface area contributed by atoms with Crippen molar-refractivity contribution in [1.29, 1.82) is 0 Å². The predicted molar refractivity (Wildman–Crippen MR) is 120 cm³/mol. The summed E-state index contributed by atoms with van der Waals surface area (Å²) in [7, 11) is 3.79. The van der Waals surface area contributed by atoms with Crippen LogP contribution in [-0.2, 0) is 9.59 Å². The van der Waals surface area contributed by atoms with Gasteiger partial charge >= 0.3 is 0 Å². The van der Waals surface area contributed by atoms with E-state index in [1.54, 1.807) is 17.1 Å². The number of allylic oxidation sites excluding steroid dienone is 1. The number of hydrogen-bond donors (Lipinski definition) is 2. The second-order valence-electron chi connectivity index (χ2n) is 9.07. The van der Waals surface area contributed by atoms with Crippen molar-refractivity contribution in [3.8, 4) is 0 Å². The number of Topliss-reactive ketones (excluding diaryl/α,β-unsaturated/α-hetero) is 1. The molecule has 0 bridgehead atoms. The highest BCUT2D eigenvalue weighted by atomic mass is 19.1. The van der Waals surface area contributed by atoms with Crippen molar-refractivity contribution in [3.05, 3.63) is 77.8 Å². The maximum Gasteiger partial charge on any atom is 0.247 e. The first-order valence-electron chi connectivity index (χ1n) is 11.0. The lowest BCUT2D eigenvalue weighted by molar-refractivity contribution is -0.130. The van der Waals surface area contributed by atoms with Crippen LogP contribution >= 0.6 is 0 Å². The molecule has 2 saturated heterocycles. The van der Waals surface area contributed by atoms with Crippen LogP contribution < -0.4 is 15.8 Å². The summed E-state index contributed by atoms with van der Waals surface area (Å²) in [6.45, 7) is 0.522. The lowest BCUT2D eigenvalue weighted by atomic mass is 9.62. The monoisotopic (exact) mass is 434 g/mol. The number of para-hydroxylation sites is 1. The third-order valence-electron chi connectivity index (χ3n) is 6.86. The smallest absolute Gasteiger partial charge is 0.247 e. The first kappa shape index (κ1) is 20.8. The van der Waals surface area contributed by atoms with Gasteiger partial charge in [0.05, 0.1) is 17.8 Å². The summed E-state index contributed by atoms with van der Waals surface area (Å²) in [5, 5.41) is 5.00. The van der Waals surface area contributed by atoms with E-state index in [0.717, 1.165) is 16.8 Å². The fraction of sp³-hybridized carbons (Fsp3) is 0.360. The summed E-state index contributed by atoms with van der Waals surface area (Å²) in [6, 6.07) is 15.9. The Bertz CT molecular complexity index is 1050. The maximum absolute atomic E-state index is 13.6. The van der Waals surface area contributed by atoms with E-state index in [9.17, 15) is 14.0 Å². The van der Waals surface area contributed by atoms with Crippen molar-refractivity contribution in [3.63, 3.8) is 0 Å². The van der Waals surface area contributed by atoms with Crippen LogP contribution in [0.25, 0.3) is 0 Å². The molecule has 3 aliphatic rings. The van der Waals surface area contributed by atoms with Gasteiger partial charge in [-0.25, -0.2) is 14.8 Å². The fourth-order valence-electron chi connectivity index (χ4n) is 5.44. The van der Waals surface area contributed by atoms with Gasteiger partial charge in [0.2, 0.25) is 5.91 Å². The molecule has 166 valence electrons. The number of hydrazine groups is 1. The number of nitrogens with one attached hydrogen (secondary N) is 2. The normalized spacial score (nSPS) is 30.9. The molecule has 2 heterocycles. The third kappa shape index (κ3) is 3.51. The molecule has 3 fully saturated rings. The summed E-state index contributed by atoms with van der Waals surface area (Å²) >= 11 is 0. The Labute approximate surface area is 187 Å². The Morgan fingerprint density at radius 3 is 2.47 bits per heavy atom. The summed E-state index contributed by atoms with van der Waals surface area (Å²) < 4.78 is 13.6. The molecule has 6 nitrogen and oxygen atoms in total. The first-order chi connectivity index (χ1) is 15.4. The maximum atomic E-state index is 13.6. The average Bonchev–Trinajstić information content (AvgIpc) is 3.13. The zero-order valence-corrected chi connectivity index (χ0v) is 18.2. The molecule has 1 amide bonds. The molecular formula is C25H27FN4O2. The van der Waals surface area contributed by atoms with Crippen molar-refractivity contribution in [2.24, 2.45) is 17.8 Å². The Morgan fingerprint density at radius 1 is 1.06 bits per heavy atom. The van der Waals surface area contributed by atoms with E-state index in [2.05, 4.69) is 10.7 Å². The highest BCUT2D eigenvalue weighted by Gasteiger charge is 2.55. The van der Waals surface area contributed by atoms with Gasteiger partial charge in [-0.3, -0.25) is 14.9 Å². The minimum atomic E-state index is -0.346. The number of carbonyl (C=O) groups excluding carboxylic acids is 2. The molecule has 5 unspecified atom stereocenters. The molecule has 2 aromatic carbocycles. The van der Waals surface area contributed by atoms with E-state index in [-0.39, 0.29) is 47.3 Å². The standard InChI is InChI=1S/C25H27FN4O2/c1-29(2)14-21-18(15-8-10-16(26)11-9-15)12-19-20(23(21)31)13-27-24-22(19)25(32)30(28-24)17-6-4-3-5-7-17/h3-11,14,18-20,22,24,27-28H,12-13H2,1-2H3/b21-14-. The molecule has 2 aromatic rings. The molecule has 0 aromatic heterocycles. The minimum absolute atomic E-state index is 0.0194. The second kappa shape index (κ2) is 8.15. The Kier molecular flexibility index (Phi) is 5.31. The Morgan fingerprint density at radius 2 is 1.78 bits per heavy atom. The first-order valence-corrected chi connectivity index (χ1v) is 11.0. The molecule has 2 aliphatic heterocycles. The fourth-order valence-corrected chi connectivity index (χ4v) is 5.44. The van der Waals surface area contributed by atoms with E-state index >= 15 is 0 Å². The molecule has 0 radical (unpaired) electrons. The number of benzene rings is 2. The quantitative estimate of drug-likeness (QED) is 0.728. The topological polar surface area (TPSA) is 64.7 Å². The van der Waals surface area contributed by atoms with Gasteiger partial charge in [0.15, 0.2) is 5.78 Å². The molecule has 1 saturated carbocycles. The number of carbonyl (C=O) groups is 2. The van der Waals surface area contributed by atoms with Gasteiger partial charge in [0.1, 0.15) is 5.82 Å². The van der Waals surface area contributed by atoms with Gasteiger partial charge in [-0.05, 0) is 42.2 Å². The number of fused-ring (bicyclic) bond motifs is 3. The highest BCUT2D eigenvalue weighted by Crippen LogP contribution is 2.47. The van der Waals surface area contributed by atoms with Gasteiger partial charge < -0.3 is 4.90 Å². The van der Waals surface area contributed by atoms with Crippen LogP contribution in [0.1, 0.15) is 17.9 Å². The number of amides is 1. The van der Waals surface area contributed by atoms with Crippen molar-refractivity contribution >= 4 is 17.4 Å². The van der Waals surface area contributed by atoms with Gasteiger partial charge in [-0.15, -0.1) is 0 Å². The number of piperidine rings is 1. The number of halogens is 1. The van der Waals surface area contributed by atoms with Crippen LogP contribution in [0.3, 0.4) is 0 Å². The van der Waals surface area contributed by atoms with Crippen molar-refractivity contribution in [2.75, 3.05) is 25.6 Å². The molecule has 0 spiro atoms. The van der Waals surface area contributed by atoms with Crippen molar-refractivity contribution < 1.29 is 14.0 Å². The second-order valence-corrected chi connectivity index (χ2v) is 9.07. The van der Waals surface area contributed by atoms with Crippen LogP contribution in [0.15, 0.2) is 66.4 Å². The van der Waals surface area contributed by atoms with Crippen LogP contribution in [0.2, 0.25) is 0 Å². The summed E-state index contributed by atoms with van der Waals surface area (Å²) in [5.41, 5.74) is 5.71. The lowest BCUT2D eigenvalue weighted by Gasteiger charge is -2.44. The largest absolute Gasteiger partial charge is 0.383 e. The minimum Gasteiger partial charge on any atom is -0.383 e. The number of nitrogens with zero attached hydrogens (tertiary/aromatic N) is 2. The molecule has 2 N–H and O–H groups in total. The van der Waals surface area contributed by atoms with Gasteiger partial charge in [0, 0.05) is 44.2 Å². The molecule has 5 rings (SSSR count). The summed E-state index contributed by atoms with van der Waals surface area (Å²) in [6.07, 6.45) is 2.33.